The first-order valence-electron chi connectivity index (χ1n) is 4.33. The molecule has 67 valence electrons. The minimum atomic E-state index is 0.0000231. The maximum absolute atomic E-state index is 11.4. The summed E-state index contributed by atoms with van der Waals surface area (Å²) in [5, 5.41) is 0. The molecule has 1 aliphatic heterocycles. The van der Waals surface area contributed by atoms with Gasteiger partial charge in [-0.25, -0.2) is 0 Å². The minimum Gasteiger partial charge on any atom is -0.334 e. The molecule has 0 bridgehead atoms. The van der Waals surface area contributed by atoms with E-state index in [0.717, 1.165) is 19.4 Å². The quantitative estimate of drug-likeness (QED) is 0.544. The lowest BCUT2D eigenvalue weighted by atomic mass is 9.90. The molecule has 1 aliphatic rings. The zero-order chi connectivity index (χ0) is 9.19. The number of hydrogen-bond acceptors (Lipinski definition) is 1. The van der Waals surface area contributed by atoms with Crippen LogP contribution in [0.3, 0.4) is 0 Å². The summed E-state index contributed by atoms with van der Waals surface area (Å²) < 4.78 is 0. The second-order valence-electron chi connectivity index (χ2n) is 3.79. The molecule has 0 aromatic heterocycles. The van der Waals surface area contributed by atoms with E-state index >= 15 is 0 Å². The van der Waals surface area contributed by atoms with Crippen molar-refractivity contribution in [3.05, 3.63) is 19.1 Å². The van der Waals surface area contributed by atoms with E-state index in [1.54, 1.807) is 0 Å². The molecule has 1 amide bonds. The first-order valence-corrected chi connectivity index (χ1v) is 4.33. The van der Waals surface area contributed by atoms with Crippen LogP contribution in [-0.4, -0.2) is 22.9 Å². The Morgan fingerprint density at radius 2 is 2.33 bits per heavy atom. The highest BCUT2D eigenvalue weighted by Gasteiger charge is 2.31. The lowest BCUT2D eigenvalue weighted by Crippen LogP contribution is -2.50. The van der Waals surface area contributed by atoms with Crippen molar-refractivity contribution < 1.29 is 4.79 Å². The van der Waals surface area contributed by atoms with E-state index in [0.29, 0.717) is 0 Å². The van der Waals surface area contributed by atoms with Crippen LogP contribution in [0.4, 0.5) is 0 Å². The molecule has 1 saturated heterocycles. The Bertz CT molecular complexity index is 196. The average molecular weight is 166 g/mol. The normalized spacial score (nSPS) is 22.0. The number of carbonyl (C=O) groups excluding carboxylic acids is 1. The predicted octanol–water partition coefficient (Wildman–Crippen LogP) is 1.78. The third kappa shape index (κ3) is 1.68. The average Bonchev–Trinajstić information content (AvgIpc) is 2.02. The van der Waals surface area contributed by atoms with E-state index in [1.807, 2.05) is 4.90 Å². The molecule has 1 heterocycles. The maximum Gasteiger partial charge on any atom is 0.246 e. The van der Waals surface area contributed by atoms with Gasteiger partial charge in [0.15, 0.2) is 0 Å². The largest absolute Gasteiger partial charge is 0.334 e. The molecule has 2 nitrogen and oxygen atoms in total. The van der Waals surface area contributed by atoms with E-state index < -0.39 is 0 Å². The van der Waals surface area contributed by atoms with E-state index in [9.17, 15) is 4.79 Å². The van der Waals surface area contributed by atoms with Crippen molar-refractivity contribution in [1.82, 2.24) is 4.90 Å². The molecule has 2 heteroatoms. The molecule has 0 saturated carbocycles. The Morgan fingerprint density at radius 1 is 1.67 bits per heavy atom. The second-order valence-corrected chi connectivity index (χ2v) is 3.79. The van der Waals surface area contributed by atoms with Crippen LogP contribution in [0.25, 0.3) is 0 Å². The highest BCUT2D eigenvalue weighted by molar-refractivity contribution is 5.87. The summed E-state index contributed by atoms with van der Waals surface area (Å²) in [7, 11) is 0. The summed E-state index contributed by atoms with van der Waals surface area (Å²) in [5.74, 6) is 0.0379. The van der Waals surface area contributed by atoms with Crippen LogP contribution in [0, 0.1) is 6.42 Å². The molecule has 0 unspecified atom stereocenters. The summed E-state index contributed by atoms with van der Waals surface area (Å²) in [6.07, 6.45) is 5.69. The van der Waals surface area contributed by atoms with Gasteiger partial charge in [-0.2, -0.15) is 0 Å². The molecule has 0 atom stereocenters. The van der Waals surface area contributed by atoms with Crippen molar-refractivity contribution in [2.24, 2.45) is 0 Å². The molecule has 1 radical (unpaired) electrons. The lowest BCUT2D eigenvalue weighted by molar-refractivity contribution is -0.131. The second kappa shape index (κ2) is 3.30. The van der Waals surface area contributed by atoms with E-state index in [4.69, 9.17) is 0 Å². The monoisotopic (exact) mass is 166 g/mol. The molecule has 1 fully saturated rings. The van der Waals surface area contributed by atoms with Gasteiger partial charge >= 0.3 is 0 Å². The van der Waals surface area contributed by atoms with Crippen LogP contribution in [-0.2, 0) is 4.79 Å². The fourth-order valence-electron chi connectivity index (χ4n) is 1.56. The summed E-state index contributed by atoms with van der Waals surface area (Å²) in [4.78, 5) is 13.2. The van der Waals surface area contributed by atoms with Gasteiger partial charge in [-0.3, -0.25) is 4.79 Å². The zero-order valence-electron chi connectivity index (χ0n) is 7.84. The smallest absolute Gasteiger partial charge is 0.246 e. The molecule has 1 rings (SSSR count). The van der Waals surface area contributed by atoms with Crippen molar-refractivity contribution in [2.45, 2.75) is 32.2 Å². The number of nitrogens with zero attached hydrogens (tertiary/aromatic N) is 1. The van der Waals surface area contributed by atoms with Crippen molar-refractivity contribution >= 4 is 5.91 Å². The van der Waals surface area contributed by atoms with Crippen molar-refractivity contribution in [3.63, 3.8) is 0 Å². The van der Waals surface area contributed by atoms with Crippen molar-refractivity contribution in [2.75, 3.05) is 6.54 Å². The van der Waals surface area contributed by atoms with Crippen molar-refractivity contribution in [3.8, 4) is 0 Å². The van der Waals surface area contributed by atoms with Gasteiger partial charge in [0.25, 0.3) is 0 Å². The zero-order valence-corrected chi connectivity index (χ0v) is 7.84. The number of carbonyl (C=O) groups is 1. The molecule has 12 heavy (non-hydrogen) atoms. The number of likely N-dealkylation sites (tertiary alicyclic amines) is 1. The van der Waals surface area contributed by atoms with E-state index in [2.05, 4.69) is 26.8 Å². The van der Waals surface area contributed by atoms with Gasteiger partial charge in [0.05, 0.1) is 0 Å². The van der Waals surface area contributed by atoms with Crippen molar-refractivity contribution in [1.29, 1.82) is 0 Å². The molecule has 0 N–H and O–H groups in total. The van der Waals surface area contributed by atoms with Crippen LogP contribution in [0.1, 0.15) is 26.7 Å². The Morgan fingerprint density at radius 3 is 2.83 bits per heavy atom. The Labute approximate surface area is 74.2 Å². The standard InChI is InChI=1S/C10H16NO/c1-4-9(12)11-8-6-5-7-10(11,2)3/h4,6H,1,5,7-8H2,2-3H3. The number of hydrogen-bond donors (Lipinski definition) is 0. The third-order valence-corrected chi connectivity index (χ3v) is 2.44. The van der Waals surface area contributed by atoms with Gasteiger partial charge in [0.2, 0.25) is 5.91 Å². The topological polar surface area (TPSA) is 20.3 Å². The summed E-state index contributed by atoms with van der Waals surface area (Å²) >= 11 is 0. The third-order valence-electron chi connectivity index (χ3n) is 2.44. The molecule has 0 spiro atoms. The van der Waals surface area contributed by atoms with Gasteiger partial charge in [0.1, 0.15) is 0 Å². The Balaban J connectivity index is 2.72. The highest BCUT2D eigenvalue weighted by Crippen LogP contribution is 2.26. The number of rotatable bonds is 1. The van der Waals surface area contributed by atoms with Gasteiger partial charge in [-0.15, -0.1) is 0 Å². The lowest BCUT2D eigenvalue weighted by Gasteiger charge is -2.41. The summed E-state index contributed by atoms with van der Waals surface area (Å²) in [6, 6.07) is 0. The number of amides is 1. The van der Waals surface area contributed by atoms with Gasteiger partial charge < -0.3 is 4.90 Å². The van der Waals surface area contributed by atoms with Crippen LogP contribution >= 0.6 is 0 Å². The number of piperidine rings is 1. The highest BCUT2D eigenvalue weighted by atomic mass is 16.2. The fourth-order valence-corrected chi connectivity index (χ4v) is 1.56. The van der Waals surface area contributed by atoms with Crippen LogP contribution in [0.15, 0.2) is 12.7 Å². The van der Waals surface area contributed by atoms with Crippen LogP contribution in [0.2, 0.25) is 0 Å². The molecule has 0 aromatic rings. The Kier molecular flexibility index (Phi) is 2.55. The van der Waals surface area contributed by atoms with Crippen LogP contribution in [0.5, 0.6) is 0 Å². The Hall–Kier alpha value is -0.790. The SMILES string of the molecule is C=CC(=O)N1C[CH]CCC1(C)C. The maximum atomic E-state index is 11.4. The molecular weight excluding hydrogens is 150 g/mol. The van der Waals surface area contributed by atoms with Gasteiger partial charge in [-0.1, -0.05) is 6.58 Å². The first-order chi connectivity index (χ1) is 5.58. The van der Waals surface area contributed by atoms with E-state index in [-0.39, 0.29) is 11.4 Å². The summed E-state index contributed by atoms with van der Waals surface area (Å²) in [6.45, 7) is 8.46. The fraction of sp³-hybridized carbons (Fsp3) is 0.600. The summed E-state index contributed by atoms with van der Waals surface area (Å²) in [5.41, 5.74) is 0.0000231. The van der Waals surface area contributed by atoms with E-state index in [1.165, 1.54) is 6.08 Å². The van der Waals surface area contributed by atoms with Gasteiger partial charge in [0, 0.05) is 12.1 Å². The molecule has 0 aromatic carbocycles. The van der Waals surface area contributed by atoms with Crippen LogP contribution < -0.4 is 0 Å². The van der Waals surface area contributed by atoms with Gasteiger partial charge in [-0.05, 0) is 39.2 Å². The molecule has 0 aliphatic carbocycles. The molecular formula is C10H16NO. The predicted molar refractivity (Wildman–Crippen MR) is 49.5 cm³/mol. The minimum absolute atomic E-state index is 0.0000231. The first kappa shape index (κ1) is 9.30.